The average molecular weight is 282 g/mol. The van der Waals surface area contributed by atoms with E-state index in [1.165, 1.54) is 11.1 Å². The molecule has 0 bridgehead atoms. The van der Waals surface area contributed by atoms with Crippen molar-refractivity contribution in [3.8, 4) is 11.5 Å². The Morgan fingerprint density at radius 3 is 2.38 bits per heavy atom. The van der Waals surface area contributed by atoms with Crippen LogP contribution in [0.3, 0.4) is 0 Å². The van der Waals surface area contributed by atoms with Crippen LogP contribution in [-0.4, -0.2) is 5.84 Å². The molecule has 0 atom stereocenters. The van der Waals surface area contributed by atoms with Crippen molar-refractivity contribution in [2.45, 2.75) is 33.6 Å². The lowest BCUT2D eigenvalue weighted by molar-refractivity contribution is 0.480. The Morgan fingerprint density at radius 1 is 1.10 bits per heavy atom. The van der Waals surface area contributed by atoms with Crippen LogP contribution in [0.1, 0.15) is 42.0 Å². The topological polar surface area (TPSA) is 59.1 Å². The van der Waals surface area contributed by atoms with Gasteiger partial charge in [-0.1, -0.05) is 26.0 Å². The molecule has 0 heterocycles. The number of rotatable bonds is 4. The highest BCUT2D eigenvalue weighted by molar-refractivity contribution is 5.97. The summed E-state index contributed by atoms with van der Waals surface area (Å²) >= 11 is 0. The Morgan fingerprint density at radius 2 is 1.81 bits per heavy atom. The average Bonchev–Trinajstić information content (AvgIpc) is 2.37. The number of benzene rings is 2. The third kappa shape index (κ3) is 3.43. The molecule has 0 aliphatic rings. The summed E-state index contributed by atoms with van der Waals surface area (Å²) in [7, 11) is 0. The summed E-state index contributed by atoms with van der Waals surface area (Å²) in [6.45, 7) is 8.43. The van der Waals surface area contributed by atoms with Crippen molar-refractivity contribution in [1.82, 2.24) is 0 Å². The summed E-state index contributed by atoms with van der Waals surface area (Å²) in [5.41, 5.74) is 9.83. The minimum atomic E-state index is 0.0144. The lowest BCUT2D eigenvalue weighted by atomic mass is 9.98. The molecule has 0 radical (unpaired) electrons. The molecule has 3 heteroatoms. The predicted octanol–water partition coefficient (Wildman–Crippen LogP) is 4.50. The quantitative estimate of drug-likeness (QED) is 0.640. The fourth-order valence-electron chi connectivity index (χ4n) is 2.42. The van der Waals surface area contributed by atoms with E-state index in [2.05, 4.69) is 26.8 Å². The van der Waals surface area contributed by atoms with Gasteiger partial charge in [-0.25, -0.2) is 0 Å². The number of hydrogen-bond acceptors (Lipinski definition) is 2. The normalized spacial score (nSPS) is 10.7. The summed E-state index contributed by atoms with van der Waals surface area (Å²) in [5, 5.41) is 7.64. The molecule has 0 fully saturated rings. The van der Waals surface area contributed by atoms with E-state index in [-0.39, 0.29) is 5.84 Å². The van der Waals surface area contributed by atoms with Gasteiger partial charge in [-0.05, 0) is 60.7 Å². The maximum atomic E-state index is 7.64. The first kappa shape index (κ1) is 15.1. The number of nitrogens with one attached hydrogen (secondary N) is 1. The summed E-state index contributed by atoms with van der Waals surface area (Å²) in [6, 6.07) is 11.7. The van der Waals surface area contributed by atoms with Crippen LogP contribution in [0.5, 0.6) is 11.5 Å². The molecule has 0 saturated heterocycles. The summed E-state index contributed by atoms with van der Waals surface area (Å²) < 4.78 is 5.95. The first-order chi connectivity index (χ1) is 9.88. The maximum absolute atomic E-state index is 7.64. The van der Waals surface area contributed by atoms with E-state index in [1.807, 2.05) is 37.3 Å². The first-order valence-corrected chi connectivity index (χ1v) is 7.12. The van der Waals surface area contributed by atoms with Crippen LogP contribution in [0.25, 0.3) is 0 Å². The van der Waals surface area contributed by atoms with E-state index in [9.17, 15) is 0 Å². The molecular formula is C18H22N2O. The van der Waals surface area contributed by atoms with Gasteiger partial charge in [-0.3, -0.25) is 5.41 Å². The number of aryl methyl sites for hydroxylation is 2. The van der Waals surface area contributed by atoms with E-state index in [0.717, 1.165) is 11.3 Å². The van der Waals surface area contributed by atoms with Gasteiger partial charge in [0.2, 0.25) is 0 Å². The maximum Gasteiger partial charge on any atom is 0.138 e. The Kier molecular flexibility index (Phi) is 4.32. The van der Waals surface area contributed by atoms with Crippen LogP contribution in [0.2, 0.25) is 0 Å². The molecule has 2 aromatic rings. The van der Waals surface area contributed by atoms with E-state index < -0.39 is 0 Å². The van der Waals surface area contributed by atoms with Crippen LogP contribution in [0, 0.1) is 19.3 Å². The van der Waals surface area contributed by atoms with Crippen LogP contribution >= 0.6 is 0 Å². The highest BCUT2D eigenvalue weighted by atomic mass is 16.5. The highest BCUT2D eigenvalue weighted by Gasteiger charge is 2.10. The Balaban J connectivity index is 2.36. The Hall–Kier alpha value is -2.29. The molecule has 110 valence electrons. The second-order valence-corrected chi connectivity index (χ2v) is 5.69. The van der Waals surface area contributed by atoms with Crippen LogP contribution in [-0.2, 0) is 0 Å². The van der Waals surface area contributed by atoms with Gasteiger partial charge in [-0.15, -0.1) is 0 Å². The van der Waals surface area contributed by atoms with Crippen LogP contribution in [0.4, 0.5) is 0 Å². The van der Waals surface area contributed by atoms with E-state index >= 15 is 0 Å². The fraction of sp³-hybridized carbons (Fsp3) is 0.278. The molecule has 3 nitrogen and oxygen atoms in total. The lowest BCUT2D eigenvalue weighted by Crippen LogP contribution is -2.12. The SMILES string of the molecule is Cc1ccc(C(=N)N)c(Oc2ccc(C(C)C)c(C)c2)c1. The minimum Gasteiger partial charge on any atom is -0.457 e. The number of hydrogen-bond donors (Lipinski definition) is 2. The van der Waals surface area contributed by atoms with Crippen molar-refractivity contribution in [1.29, 1.82) is 5.41 Å². The monoisotopic (exact) mass is 282 g/mol. The number of ether oxygens (including phenoxy) is 1. The molecule has 2 aromatic carbocycles. The van der Waals surface area contributed by atoms with Crippen LogP contribution in [0.15, 0.2) is 36.4 Å². The molecule has 0 amide bonds. The number of amidine groups is 1. The molecular weight excluding hydrogens is 260 g/mol. The molecule has 2 rings (SSSR count). The standard InChI is InChI=1S/C18H22N2O/c1-11(2)15-8-6-14(10-13(15)4)21-17-9-12(3)5-7-16(17)18(19)20/h5-11H,1-4H3,(H3,19,20). The largest absolute Gasteiger partial charge is 0.457 e. The zero-order valence-corrected chi connectivity index (χ0v) is 13.0. The third-order valence-electron chi connectivity index (χ3n) is 3.52. The second kappa shape index (κ2) is 6.00. The van der Waals surface area contributed by atoms with E-state index in [0.29, 0.717) is 17.2 Å². The zero-order chi connectivity index (χ0) is 15.6. The molecule has 0 spiro atoms. The van der Waals surface area contributed by atoms with Crippen molar-refractivity contribution in [3.63, 3.8) is 0 Å². The van der Waals surface area contributed by atoms with Crippen molar-refractivity contribution in [3.05, 3.63) is 58.7 Å². The molecule has 0 aromatic heterocycles. The summed E-state index contributed by atoms with van der Waals surface area (Å²) in [6.07, 6.45) is 0. The van der Waals surface area contributed by atoms with Gasteiger partial charge in [0.25, 0.3) is 0 Å². The van der Waals surface area contributed by atoms with Gasteiger partial charge in [0, 0.05) is 0 Å². The minimum absolute atomic E-state index is 0.0144. The van der Waals surface area contributed by atoms with Crippen LogP contribution < -0.4 is 10.5 Å². The molecule has 0 saturated carbocycles. The van der Waals surface area contributed by atoms with Gasteiger partial charge < -0.3 is 10.5 Å². The lowest BCUT2D eigenvalue weighted by Gasteiger charge is -2.14. The van der Waals surface area contributed by atoms with Gasteiger partial charge in [0.15, 0.2) is 0 Å². The Labute approximate surface area is 126 Å². The molecule has 0 aliphatic heterocycles. The smallest absolute Gasteiger partial charge is 0.138 e. The second-order valence-electron chi connectivity index (χ2n) is 5.69. The van der Waals surface area contributed by atoms with Crippen molar-refractivity contribution in [2.75, 3.05) is 0 Å². The van der Waals surface area contributed by atoms with Crippen molar-refractivity contribution >= 4 is 5.84 Å². The molecule has 21 heavy (non-hydrogen) atoms. The molecule has 0 unspecified atom stereocenters. The number of nitrogen functional groups attached to an aromatic ring is 1. The highest BCUT2D eigenvalue weighted by Crippen LogP contribution is 2.29. The van der Waals surface area contributed by atoms with Gasteiger partial charge in [0.1, 0.15) is 17.3 Å². The molecule has 3 N–H and O–H groups in total. The summed E-state index contributed by atoms with van der Waals surface area (Å²) in [5.74, 6) is 1.90. The van der Waals surface area contributed by atoms with Gasteiger partial charge in [0.05, 0.1) is 5.56 Å². The predicted molar refractivity (Wildman–Crippen MR) is 87.5 cm³/mol. The zero-order valence-electron chi connectivity index (χ0n) is 13.0. The van der Waals surface area contributed by atoms with Crippen molar-refractivity contribution < 1.29 is 4.74 Å². The van der Waals surface area contributed by atoms with E-state index in [1.54, 1.807) is 0 Å². The van der Waals surface area contributed by atoms with Gasteiger partial charge in [-0.2, -0.15) is 0 Å². The fourth-order valence-corrected chi connectivity index (χ4v) is 2.42. The molecule has 0 aliphatic carbocycles. The van der Waals surface area contributed by atoms with E-state index in [4.69, 9.17) is 15.9 Å². The third-order valence-corrected chi connectivity index (χ3v) is 3.52. The number of nitrogens with two attached hydrogens (primary N) is 1. The summed E-state index contributed by atoms with van der Waals surface area (Å²) in [4.78, 5) is 0. The Bertz CT molecular complexity index is 675. The first-order valence-electron chi connectivity index (χ1n) is 7.12. The van der Waals surface area contributed by atoms with Crippen molar-refractivity contribution in [2.24, 2.45) is 5.73 Å². The van der Waals surface area contributed by atoms with Gasteiger partial charge >= 0.3 is 0 Å².